The minimum atomic E-state index is -1.26. The molecule has 2 amide bonds. The summed E-state index contributed by atoms with van der Waals surface area (Å²) in [5, 5.41) is 12.0. The molecule has 0 heterocycles. The Morgan fingerprint density at radius 2 is 1.62 bits per heavy atom. The molecule has 2 aromatic rings. The lowest BCUT2D eigenvalue weighted by molar-refractivity contribution is -0.155. The summed E-state index contributed by atoms with van der Waals surface area (Å²) in [4.78, 5) is 50.1. The molecular formula is C30H36N2O8. The van der Waals surface area contributed by atoms with Crippen LogP contribution in [0.25, 0.3) is 11.1 Å². The number of aliphatic carboxylic acids is 1. The minimum absolute atomic E-state index is 0.0683. The van der Waals surface area contributed by atoms with Gasteiger partial charge < -0.3 is 24.6 Å². The van der Waals surface area contributed by atoms with Crippen LogP contribution in [0.1, 0.15) is 50.7 Å². The van der Waals surface area contributed by atoms with Crippen LogP contribution in [0, 0.1) is 0 Å². The minimum Gasteiger partial charge on any atom is -0.480 e. The number of benzene rings is 2. The zero-order valence-electron chi connectivity index (χ0n) is 23.1. The SMILES string of the molecule is C=CCOC(=O)N(CC(=O)O)C[C@H](CCC(=O)OC(C)(C)C)NC(=O)OCC1c2ccccc2-c2ccccc21. The van der Waals surface area contributed by atoms with Gasteiger partial charge >= 0.3 is 24.1 Å². The monoisotopic (exact) mass is 552 g/mol. The van der Waals surface area contributed by atoms with Crippen LogP contribution in [0.2, 0.25) is 0 Å². The molecule has 10 heteroatoms. The summed E-state index contributed by atoms with van der Waals surface area (Å²) in [6.45, 7) is 7.75. The second-order valence-corrected chi connectivity index (χ2v) is 10.4. The predicted octanol–water partition coefficient (Wildman–Crippen LogP) is 4.72. The highest BCUT2D eigenvalue weighted by molar-refractivity contribution is 5.79. The number of nitrogens with zero attached hydrogens (tertiary/aromatic N) is 1. The number of alkyl carbamates (subject to hydrolysis) is 1. The Balaban J connectivity index is 1.71. The number of ether oxygens (including phenoxy) is 3. The van der Waals surface area contributed by atoms with Gasteiger partial charge in [-0.2, -0.15) is 0 Å². The van der Waals surface area contributed by atoms with Crippen molar-refractivity contribution in [1.29, 1.82) is 0 Å². The fourth-order valence-electron chi connectivity index (χ4n) is 4.55. The first-order valence-electron chi connectivity index (χ1n) is 13.1. The van der Waals surface area contributed by atoms with E-state index >= 15 is 0 Å². The fourth-order valence-corrected chi connectivity index (χ4v) is 4.55. The highest BCUT2D eigenvalue weighted by atomic mass is 16.6. The molecule has 0 spiro atoms. The third-order valence-electron chi connectivity index (χ3n) is 6.13. The number of carboxylic acid groups (broad SMARTS) is 1. The summed E-state index contributed by atoms with van der Waals surface area (Å²) < 4.78 is 16.0. The molecule has 0 aliphatic heterocycles. The zero-order valence-corrected chi connectivity index (χ0v) is 23.1. The second kappa shape index (κ2) is 13.6. The van der Waals surface area contributed by atoms with Crippen LogP contribution in [-0.4, -0.2) is 72.1 Å². The van der Waals surface area contributed by atoms with E-state index in [4.69, 9.17) is 14.2 Å². The number of carbonyl (C=O) groups excluding carboxylic acids is 3. The number of nitrogens with one attached hydrogen (secondary N) is 1. The van der Waals surface area contributed by atoms with Crippen molar-refractivity contribution < 1.29 is 38.5 Å². The molecule has 1 aliphatic rings. The smallest absolute Gasteiger partial charge is 0.410 e. The quantitative estimate of drug-likeness (QED) is 0.220. The van der Waals surface area contributed by atoms with E-state index in [1.165, 1.54) is 6.08 Å². The third kappa shape index (κ3) is 8.59. The maximum absolute atomic E-state index is 12.9. The lowest BCUT2D eigenvalue weighted by Crippen LogP contribution is -2.48. The molecule has 0 radical (unpaired) electrons. The van der Waals surface area contributed by atoms with Crippen LogP contribution >= 0.6 is 0 Å². The molecule has 2 N–H and O–H groups in total. The summed E-state index contributed by atoms with van der Waals surface area (Å²) in [5.41, 5.74) is 3.58. The third-order valence-corrected chi connectivity index (χ3v) is 6.13. The summed E-state index contributed by atoms with van der Waals surface area (Å²) >= 11 is 0. The average molecular weight is 553 g/mol. The van der Waals surface area contributed by atoms with Gasteiger partial charge in [-0.05, 0) is 49.4 Å². The van der Waals surface area contributed by atoms with Gasteiger partial charge in [0.2, 0.25) is 0 Å². The molecular weight excluding hydrogens is 516 g/mol. The Morgan fingerprint density at radius 3 is 2.17 bits per heavy atom. The van der Waals surface area contributed by atoms with Crippen molar-refractivity contribution in [2.45, 2.75) is 51.2 Å². The van der Waals surface area contributed by atoms with Crippen molar-refractivity contribution in [3.63, 3.8) is 0 Å². The van der Waals surface area contributed by atoms with E-state index in [1.807, 2.05) is 48.5 Å². The molecule has 0 bridgehead atoms. The maximum Gasteiger partial charge on any atom is 0.410 e. The van der Waals surface area contributed by atoms with Gasteiger partial charge in [0.15, 0.2) is 0 Å². The number of esters is 1. The highest BCUT2D eigenvalue weighted by Gasteiger charge is 2.30. The molecule has 0 fully saturated rings. The van der Waals surface area contributed by atoms with Gasteiger partial charge in [0, 0.05) is 18.9 Å². The van der Waals surface area contributed by atoms with Gasteiger partial charge in [-0.15, -0.1) is 0 Å². The van der Waals surface area contributed by atoms with Gasteiger partial charge in [0.1, 0.15) is 25.4 Å². The Hall–Kier alpha value is -4.34. The molecule has 3 rings (SSSR count). The molecule has 0 saturated carbocycles. The lowest BCUT2D eigenvalue weighted by Gasteiger charge is -2.27. The first-order valence-corrected chi connectivity index (χ1v) is 13.1. The first-order chi connectivity index (χ1) is 19.0. The molecule has 0 aromatic heterocycles. The molecule has 10 nitrogen and oxygen atoms in total. The van der Waals surface area contributed by atoms with E-state index in [0.717, 1.165) is 27.2 Å². The van der Waals surface area contributed by atoms with Crippen LogP contribution < -0.4 is 5.32 Å². The predicted molar refractivity (Wildman–Crippen MR) is 148 cm³/mol. The van der Waals surface area contributed by atoms with Crippen LogP contribution in [0.5, 0.6) is 0 Å². The number of hydrogen-bond donors (Lipinski definition) is 2. The topological polar surface area (TPSA) is 131 Å². The average Bonchev–Trinajstić information content (AvgIpc) is 3.21. The molecule has 40 heavy (non-hydrogen) atoms. The normalized spacial score (nSPS) is 12.9. The van der Waals surface area contributed by atoms with E-state index in [2.05, 4.69) is 11.9 Å². The number of fused-ring (bicyclic) bond motifs is 3. The Kier molecular flexibility index (Phi) is 10.3. The lowest BCUT2D eigenvalue weighted by atomic mass is 9.98. The summed E-state index contributed by atoms with van der Waals surface area (Å²) in [6.07, 6.45) is -0.297. The molecule has 1 atom stereocenters. The highest BCUT2D eigenvalue weighted by Crippen LogP contribution is 2.44. The van der Waals surface area contributed by atoms with Crippen molar-refractivity contribution in [2.75, 3.05) is 26.3 Å². The second-order valence-electron chi connectivity index (χ2n) is 10.4. The molecule has 1 aliphatic carbocycles. The van der Waals surface area contributed by atoms with E-state index in [9.17, 15) is 24.3 Å². The summed E-state index contributed by atoms with van der Waals surface area (Å²) in [7, 11) is 0. The van der Waals surface area contributed by atoms with E-state index in [1.54, 1.807) is 20.8 Å². The van der Waals surface area contributed by atoms with Gasteiger partial charge in [0.05, 0.1) is 6.04 Å². The molecule has 0 unspecified atom stereocenters. The zero-order chi connectivity index (χ0) is 29.3. The first kappa shape index (κ1) is 30.2. The van der Waals surface area contributed by atoms with Crippen molar-refractivity contribution in [3.8, 4) is 11.1 Å². The van der Waals surface area contributed by atoms with Gasteiger partial charge in [-0.1, -0.05) is 61.2 Å². The number of carbonyl (C=O) groups is 4. The van der Waals surface area contributed by atoms with E-state index in [0.29, 0.717) is 0 Å². The molecule has 0 saturated heterocycles. The van der Waals surface area contributed by atoms with E-state index in [-0.39, 0.29) is 38.5 Å². The number of rotatable bonds is 12. The van der Waals surface area contributed by atoms with Crippen molar-refractivity contribution >= 4 is 24.1 Å². The molecule has 2 aromatic carbocycles. The summed E-state index contributed by atoms with van der Waals surface area (Å²) in [5.74, 6) is -1.91. The van der Waals surface area contributed by atoms with Crippen molar-refractivity contribution in [1.82, 2.24) is 10.2 Å². The Bertz CT molecular complexity index is 1190. The van der Waals surface area contributed by atoms with Gasteiger partial charge in [0.25, 0.3) is 0 Å². The molecule has 214 valence electrons. The van der Waals surface area contributed by atoms with Gasteiger partial charge in [-0.3, -0.25) is 14.5 Å². The number of amides is 2. The van der Waals surface area contributed by atoms with Crippen LogP contribution in [0.4, 0.5) is 9.59 Å². The maximum atomic E-state index is 12.9. The van der Waals surface area contributed by atoms with Crippen LogP contribution in [0.15, 0.2) is 61.2 Å². The van der Waals surface area contributed by atoms with E-state index < -0.39 is 42.3 Å². The number of carboxylic acids is 1. The number of hydrogen-bond acceptors (Lipinski definition) is 7. The van der Waals surface area contributed by atoms with Gasteiger partial charge in [-0.25, -0.2) is 9.59 Å². The summed E-state index contributed by atoms with van der Waals surface area (Å²) in [6, 6.07) is 15.0. The standard InChI is InChI=1S/C30H36N2O8/c1-5-16-38-29(37)32(18-26(33)34)17-20(14-15-27(35)40-30(2,3)4)31-28(36)39-19-25-23-12-8-6-10-21(23)22-11-7-9-13-24(22)25/h5-13,20,25H,1,14-19H2,2-4H3,(H,31,36)(H,33,34)/t20-/m0/s1. The Labute approximate surface area is 233 Å². The van der Waals surface area contributed by atoms with Crippen molar-refractivity contribution in [2.24, 2.45) is 0 Å². The van der Waals surface area contributed by atoms with Crippen molar-refractivity contribution in [3.05, 3.63) is 72.3 Å². The largest absolute Gasteiger partial charge is 0.480 e. The fraction of sp³-hybridized carbons (Fsp3) is 0.400. The Morgan fingerprint density at radius 1 is 1.02 bits per heavy atom. The van der Waals surface area contributed by atoms with Crippen LogP contribution in [0.3, 0.4) is 0 Å². The van der Waals surface area contributed by atoms with Crippen LogP contribution in [-0.2, 0) is 23.8 Å².